The zero-order valence-electron chi connectivity index (χ0n) is 38.6. The fraction of sp³-hybridized carbons (Fsp3) is 0.347. The van der Waals surface area contributed by atoms with Crippen LogP contribution in [0.1, 0.15) is 67.7 Å². The van der Waals surface area contributed by atoms with E-state index in [0.717, 1.165) is 33.8 Å². The van der Waals surface area contributed by atoms with Crippen LogP contribution < -0.4 is 20.1 Å². The van der Waals surface area contributed by atoms with Gasteiger partial charge in [-0.2, -0.15) is 0 Å². The highest BCUT2D eigenvalue weighted by Gasteiger charge is 2.44. The number of halogens is 2. The van der Waals surface area contributed by atoms with Gasteiger partial charge < -0.3 is 35.1 Å². The number of aromatic nitrogens is 3. The molecule has 1 saturated heterocycles. The summed E-state index contributed by atoms with van der Waals surface area (Å²) >= 11 is 1.55. The van der Waals surface area contributed by atoms with Crippen molar-refractivity contribution in [3.63, 3.8) is 0 Å². The van der Waals surface area contributed by atoms with E-state index < -0.39 is 80.0 Å². The van der Waals surface area contributed by atoms with Crippen molar-refractivity contribution in [2.45, 2.75) is 72.2 Å². The molecular weight excluding hydrogens is 933 g/mol. The van der Waals surface area contributed by atoms with E-state index in [1.165, 1.54) is 11.1 Å². The number of likely N-dealkylation sites (tertiary alicyclic amines) is 1. The molecule has 0 spiro atoms. The number of thiazole rings is 1. The van der Waals surface area contributed by atoms with Gasteiger partial charge in [-0.1, -0.05) is 64.1 Å². The van der Waals surface area contributed by atoms with Crippen molar-refractivity contribution >= 4 is 61.6 Å². The first-order valence-electron chi connectivity index (χ1n) is 22.2. The Labute approximate surface area is 401 Å². The lowest BCUT2D eigenvalue weighted by molar-refractivity contribution is -0.144. The number of benzene rings is 3. The van der Waals surface area contributed by atoms with Crippen LogP contribution in [0.25, 0.3) is 32.6 Å². The van der Waals surface area contributed by atoms with E-state index in [0.29, 0.717) is 16.9 Å². The number of aryl methyl sites for hydroxylation is 1. The number of carbonyl (C=O) groups is 4. The number of hydrogen-bond donors (Lipinski definition) is 5. The van der Waals surface area contributed by atoms with Crippen LogP contribution >= 0.6 is 11.3 Å². The molecule has 0 radical (unpaired) electrons. The van der Waals surface area contributed by atoms with Gasteiger partial charge in [-0.3, -0.25) is 23.9 Å². The Kier molecular flexibility index (Phi) is 15.6. The molecule has 3 aromatic heterocycles. The van der Waals surface area contributed by atoms with Gasteiger partial charge in [0.15, 0.2) is 5.82 Å². The van der Waals surface area contributed by atoms with Gasteiger partial charge in [-0.25, -0.2) is 27.2 Å². The number of nitrogens with one attached hydrogen (secondary N) is 4. The van der Waals surface area contributed by atoms with Crippen molar-refractivity contribution in [2.75, 3.05) is 36.8 Å². The van der Waals surface area contributed by atoms with Crippen LogP contribution in [0.4, 0.5) is 14.5 Å². The quantitative estimate of drug-likeness (QED) is 0.0434. The minimum Gasteiger partial charge on any atom is -0.491 e. The Hall–Kier alpha value is -6.61. The Morgan fingerprint density at radius 2 is 1.71 bits per heavy atom. The smallest absolute Gasteiger partial charge is 0.246 e. The van der Waals surface area contributed by atoms with Gasteiger partial charge in [-0.15, -0.1) is 11.3 Å². The first-order chi connectivity index (χ1) is 32.8. The Morgan fingerprint density at radius 3 is 2.39 bits per heavy atom. The molecule has 3 aromatic carbocycles. The molecule has 6 aromatic rings. The zero-order chi connectivity index (χ0) is 49.6. The van der Waals surface area contributed by atoms with Gasteiger partial charge >= 0.3 is 0 Å². The molecule has 16 nitrogen and oxygen atoms in total. The third kappa shape index (κ3) is 12.0. The maximum Gasteiger partial charge on any atom is 0.246 e. The molecule has 0 bridgehead atoms. The normalized spacial score (nSPS) is 15.5. The number of rotatable bonds is 19. The van der Waals surface area contributed by atoms with Crippen molar-refractivity contribution in [3.05, 3.63) is 119 Å². The van der Waals surface area contributed by atoms with Gasteiger partial charge in [0, 0.05) is 48.4 Å². The topological polar surface area (TPSA) is 222 Å². The predicted molar refractivity (Wildman–Crippen MR) is 257 cm³/mol. The fourth-order valence-electron chi connectivity index (χ4n) is 7.92. The third-order valence-electron chi connectivity index (χ3n) is 11.5. The summed E-state index contributed by atoms with van der Waals surface area (Å²) in [6.45, 7) is 8.84. The molecule has 0 aliphatic carbocycles. The highest BCUT2D eigenvalue weighted by atomic mass is 32.2. The summed E-state index contributed by atoms with van der Waals surface area (Å²) < 4.78 is 68.5. The second-order valence-electron chi connectivity index (χ2n) is 17.7. The summed E-state index contributed by atoms with van der Waals surface area (Å²) in [5.41, 5.74) is 3.87. The summed E-state index contributed by atoms with van der Waals surface area (Å²) in [4.78, 5) is 68.1. The number of pyridine rings is 1. The number of hydrogen-bond acceptors (Lipinski definition) is 12. The number of H-pyrrole nitrogens is 1. The number of aliphatic hydroxyl groups is 1. The predicted octanol–water partition coefficient (Wildman–Crippen LogP) is 6.53. The maximum atomic E-state index is 15.5. The molecule has 0 saturated carbocycles. The standard InChI is InChI=1S/C49H53F2N7O9S2/c1-6-19-69(64,65)57-38-16-15-37(50)41(42(38)51)43(61)36-24-53-46-35(36)20-32(23-52-46)30-11-13-34(14-12-30)67-18-17-66-26-40(60)56-45(49(3,4)5)48(63)58-25-33(59)21-39(58)47(62)54-22-29-7-9-31(10-8-29)44-28(2)55-27-68-44/h7-16,20,23-24,27,33,39,45,57,59H,6,17-19,21-22,25-26H2,1-5H3,(H,52,53)(H,54,62)(H,56,60)/t33-,39+,45-/m1/s1. The van der Waals surface area contributed by atoms with Crippen molar-refractivity contribution < 1.29 is 51.0 Å². The van der Waals surface area contributed by atoms with E-state index in [1.807, 2.05) is 31.2 Å². The van der Waals surface area contributed by atoms with Crippen molar-refractivity contribution in [1.82, 2.24) is 30.5 Å². The number of sulfonamides is 1. The molecular formula is C49H53F2N7O9S2. The van der Waals surface area contributed by atoms with E-state index >= 15 is 4.39 Å². The fourth-order valence-corrected chi connectivity index (χ4v) is 9.86. The van der Waals surface area contributed by atoms with Gasteiger partial charge in [0.25, 0.3) is 0 Å². The zero-order valence-corrected chi connectivity index (χ0v) is 40.2. The molecule has 4 heterocycles. The van der Waals surface area contributed by atoms with E-state index in [4.69, 9.17) is 9.47 Å². The summed E-state index contributed by atoms with van der Waals surface area (Å²) in [6, 6.07) is 16.1. The monoisotopic (exact) mass is 985 g/mol. The number of amides is 3. The highest BCUT2D eigenvalue weighted by molar-refractivity contribution is 7.92. The average Bonchev–Trinajstić information content (AvgIpc) is 4.06. The van der Waals surface area contributed by atoms with Crippen LogP contribution in [-0.2, 0) is 35.7 Å². The second kappa shape index (κ2) is 21.4. The molecule has 0 unspecified atom stereocenters. The molecule has 1 aliphatic rings. The molecule has 1 aliphatic heterocycles. The van der Waals surface area contributed by atoms with E-state index in [-0.39, 0.29) is 68.1 Å². The third-order valence-corrected chi connectivity index (χ3v) is 13.9. The number of anilines is 1. The summed E-state index contributed by atoms with van der Waals surface area (Å²) in [5.74, 6) is -4.77. The largest absolute Gasteiger partial charge is 0.491 e. The minimum atomic E-state index is -3.93. The number of ketones is 1. The van der Waals surface area contributed by atoms with Gasteiger partial charge in [0.1, 0.15) is 42.5 Å². The SMILES string of the molecule is CCCS(=O)(=O)Nc1ccc(F)c(C(=O)c2c[nH]c3ncc(-c4ccc(OCCOCC(=O)N[C@H](C(=O)N5C[C@H](O)C[C@H]5C(=O)NCc5ccc(-c6scnc6C)cc5)C(C)(C)C)cc4)cc23)c1F. The first-order valence-corrected chi connectivity index (χ1v) is 24.7. The highest BCUT2D eigenvalue weighted by Crippen LogP contribution is 2.32. The molecule has 5 N–H and O–H groups in total. The molecule has 364 valence electrons. The number of fused-ring (bicyclic) bond motifs is 1. The molecule has 69 heavy (non-hydrogen) atoms. The summed E-state index contributed by atoms with van der Waals surface area (Å²) in [5, 5.41) is 16.5. The van der Waals surface area contributed by atoms with Crippen LogP contribution in [0.3, 0.4) is 0 Å². The van der Waals surface area contributed by atoms with E-state index in [1.54, 1.807) is 81.1 Å². The minimum absolute atomic E-state index is 0.0249. The number of ether oxygens (including phenoxy) is 2. The van der Waals surface area contributed by atoms with Crippen LogP contribution in [0.15, 0.2) is 84.6 Å². The second-order valence-corrected chi connectivity index (χ2v) is 20.4. The van der Waals surface area contributed by atoms with Crippen LogP contribution in [0.5, 0.6) is 5.75 Å². The maximum absolute atomic E-state index is 15.5. The summed E-state index contributed by atoms with van der Waals surface area (Å²) in [7, 11) is -3.93. The molecule has 1 fully saturated rings. The van der Waals surface area contributed by atoms with Crippen molar-refractivity contribution in [1.29, 1.82) is 0 Å². The lowest BCUT2D eigenvalue weighted by atomic mass is 9.85. The molecule has 3 amide bonds. The molecule has 20 heteroatoms. The van der Waals surface area contributed by atoms with E-state index in [9.17, 15) is 37.1 Å². The Morgan fingerprint density at radius 1 is 0.986 bits per heavy atom. The number of nitrogens with zero attached hydrogens (tertiary/aromatic N) is 3. The van der Waals surface area contributed by atoms with Crippen LogP contribution in [0.2, 0.25) is 0 Å². The summed E-state index contributed by atoms with van der Waals surface area (Å²) in [6.07, 6.45) is 2.25. The van der Waals surface area contributed by atoms with E-state index in [2.05, 4.69) is 30.3 Å². The van der Waals surface area contributed by atoms with Crippen molar-refractivity contribution in [3.8, 4) is 27.3 Å². The van der Waals surface area contributed by atoms with Gasteiger partial charge in [0.2, 0.25) is 33.5 Å². The number of carbonyl (C=O) groups excluding carboxylic acids is 4. The van der Waals surface area contributed by atoms with Gasteiger partial charge in [-0.05, 0) is 65.8 Å². The molecule has 3 atom stereocenters. The average molecular weight is 986 g/mol. The Balaban J connectivity index is 0.899. The van der Waals surface area contributed by atoms with Gasteiger partial charge in [0.05, 0.1) is 45.8 Å². The van der Waals surface area contributed by atoms with Crippen LogP contribution in [-0.4, -0.2) is 107 Å². The first kappa shape index (κ1) is 50.3. The van der Waals surface area contributed by atoms with Crippen molar-refractivity contribution in [2.24, 2.45) is 5.41 Å². The Bertz CT molecular complexity index is 2960. The number of aliphatic hydroxyl groups excluding tert-OH is 1. The lowest BCUT2D eigenvalue weighted by Gasteiger charge is -2.35. The lowest BCUT2D eigenvalue weighted by Crippen LogP contribution is -2.58. The van der Waals surface area contributed by atoms with Crippen LogP contribution in [0, 0.1) is 24.0 Å². The molecule has 7 rings (SSSR count). The number of β-amino-alcohol motifs (C(OH)–C–C–N with tert-alkyl or cyclic N) is 1. The number of aromatic amines is 1.